The van der Waals surface area contributed by atoms with Gasteiger partial charge in [-0.3, -0.25) is 0 Å². The van der Waals surface area contributed by atoms with Gasteiger partial charge in [-0.05, 0) is 36.4 Å². The molecule has 0 saturated heterocycles. The second-order valence-corrected chi connectivity index (χ2v) is 4.69. The summed E-state index contributed by atoms with van der Waals surface area (Å²) in [5, 5.41) is 0. The smallest absolute Gasteiger partial charge is 0.338 e. The lowest BCUT2D eigenvalue weighted by atomic mass is 10.2. The average Bonchev–Trinajstić information content (AvgIpc) is 2.29. The van der Waals surface area contributed by atoms with E-state index in [9.17, 15) is 4.79 Å². The van der Waals surface area contributed by atoms with E-state index in [1.165, 1.54) is 0 Å². The van der Waals surface area contributed by atoms with Crippen LogP contribution in [0, 0.1) is 0 Å². The molecule has 0 fully saturated rings. The maximum Gasteiger partial charge on any atom is 0.338 e. The molecule has 0 N–H and O–H groups in total. The van der Waals surface area contributed by atoms with Crippen molar-refractivity contribution < 1.29 is 9.53 Å². The van der Waals surface area contributed by atoms with Crippen LogP contribution in [0.1, 0.15) is 30.1 Å². The summed E-state index contributed by atoms with van der Waals surface area (Å²) in [6.45, 7) is 2.44. The van der Waals surface area contributed by atoms with Crippen molar-refractivity contribution in [3.63, 3.8) is 0 Å². The number of unbranched alkanes of at least 4 members (excludes halogenated alkanes) is 1. The fourth-order valence-electron chi connectivity index (χ4n) is 1.21. The lowest BCUT2D eigenvalue weighted by Crippen LogP contribution is -2.05. The van der Waals surface area contributed by atoms with Crippen LogP contribution in [0.5, 0.6) is 0 Å². The summed E-state index contributed by atoms with van der Waals surface area (Å²) in [7, 11) is 0. The molecule has 0 atom stereocenters. The third-order valence-electron chi connectivity index (χ3n) is 2.02. The molecule has 2 nitrogen and oxygen atoms in total. The number of hydrogen-bond acceptors (Lipinski definition) is 2. The molecule has 86 valence electrons. The zero-order valence-electron chi connectivity index (χ0n) is 9.28. The maximum absolute atomic E-state index is 11.5. The van der Waals surface area contributed by atoms with Crippen molar-refractivity contribution in [3.8, 4) is 0 Å². The normalized spacial score (nSPS) is 11.2. The Balaban J connectivity index is 2.24. The summed E-state index contributed by atoms with van der Waals surface area (Å²) in [6, 6.07) is 9.04. The van der Waals surface area contributed by atoms with Gasteiger partial charge < -0.3 is 4.74 Å². The van der Waals surface area contributed by atoms with Crippen LogP contribution >= 0.6 is 15.9 Å². The van der Waals surface area contributed by atoms with Crippen molar-refractivity contribution in [1.82, 2.24) is 0 Å². The Kier molecular flexibility index (Phi) is 5.86. The van der Waals surface area contributed by atoms with E-state index in [0.29, 0.717) is 12.2 Å². The third-order valence-corrected chi connectivity index (χ3v) is 2.34. The summed E-state index contributed by atoms with van der Waals surface area (Å²) in [5.41, 5.74) is 0.606. The van der Waals surface area contributed by atoms with Crippen LogP contribution in [0.25, 0.3) is 0 Å². The van der Waals surface area contributed by atoms with Gasteiger partial charge in [0.2, 0.25) is 0 Å². The Morgan fingerprint density at radius 1 is 1.38 bits per heavy atom. The van der Waals surface area contributed by atoms with E-state index in [1.54, 1.807) is 12.1 Å². The summed E-state index contributed by atoms with van der Waals surface area (Å²) < 4.78 is 6.24. The Bertz CT molecular complexity index is 353. The molecule has 0 aromatic heterocycles. The van der Waals surface area contributed by atoms with Crippen molar-refractivity contribution >= 4 is 21.9 Å². The highest BCUT2D eigenvalue weighted by atomic mass is 79.9. The number of carbonyl (C=O) groups excluding carboxylic acids is 1. The molecule has 0 heterocycles. The largest absolute Gasteiger partial charge is 0.462 e. The second kappa shape index (κ2) is 7.23. The lowest BCUT2D eigenvalue weighted by molar-refractivity contribution is 0.0501. The highest BCUT2D eigenvalue weighted by Gasteiger charge is 2.04. The van der Waals surface area contributed by atoms with Crippen LogP contribution in [0.15, 0.2) is 40.9 Å². The molecular formula is C13H15BrO2. The Morgan fingerprint density at radius 2 is 2.06 bits per heavy atom. The van der Waals surface area contributed by atoms with Gasteiger partial charge >= 0.3 is 5.97 Å². The zero-order valence-corrected chi connectivity index (χ0v) is 10.9. The van der Waals surface area contributed by atoms with Crippen molar-refractivity contribution in [3.05, 3.63) is 46.5 Å². The predicted octanol–water partition coefficient (Wildman–Crippen LogP) is 3.92. The van der Waals surface area contributed by atoms with Crippen LogP contribution in [0.4, 0.5) is 0 Å². The van der Waals surface area contributed by atoms with Crippen LogP contribution in [-0.2, 0) is 4.74 Å². The molecule has 0 radical (unpaired) electrons. The van der Waals surface area contributed by atoms with Crippen molar-refractivity contribution in [2.75, 3.05) is 6.61 Å². The average molecular weight is 283 g/mol. The highest BCUT2D eigenvalue weighted by molar-refractivity contribution is 9.11. The predicted molar refractivity (Wildman–Crippen MR) is 68.6 cm³/mol. The minimum Gasteiger partial charge on any atom is -0.462 e. The van der Waals surface area contributed by atoms with Gasteiger partial charge in [0.1, 0.15) is 0 Å². The molecule has 0 aliphatic rings. The number of benzene rings is 1. The molecule has 0 saturated carbocycles. The summed E-state index contributed by atoms with van der Waals surface area (Å²) in [4.78, 5) is 11.5. The van der Waals surface area contributed by atoms with E-state index in [2.05, 4.69) is 22.0 Å². The highest BCUT2D eigenvalue weighted by Crippen LogP contribution is 2.06. The van der Waals surface area contributed by atoms with E-state index in [1.807, 2.05) is 25.1 Å². The number of ether oxygens (including phenoxy) is 1. The quantitative estimate of drug-likeness (QED) is 0.604. The molecule has 0 aliphatic heterocycles. The first-order valence-electron chi connectivity index (χ1n) is 5.24. The molecule has 0 spiro atoms. The van der Waals surface area contributed by atoms with Crippen molar-refractivity contribution in [2.24, 2.45) is 0 Å². The molecule has 1 aromatic rings. The fraction of sp³-hybridized carbons (Fsp3) is 0.308. The minimum atomic E-state index is -0.250. The van der Waals surface area contributed by atoms with Gasteiger partial charge in [0.15, 0.2) is 0 Å². The summed E-state index contributed by atoms with van der Waals surface area (Å²) >= 11 is 3.35. The number of esters is 1. The monoisotopic (exact) mass is 282 g/mol. The van der Waals surface area contributed by atoms with Crippen LogP contribution in [0.2, 0.25) is 0 Å². The van der Waals surface area contributed by atoms with Crippen LogP contribution < -0.4 is 0 Å². The SMILES string of the molecule is CC(Br)=CCCCOC(=O)c1ccccc1. The Hall–Kier alpha value is -1.09. The fourth-order valence-corrected chi connectivity index (χ4v) is 1.44. The molecule has 0 unspecified atom stereocenters. The van der Waals surface area contributed by atoms with Crippen LogP contribution in [-0.4, -0.2) is 12.6 Å². The lowest BCUT2D eigenvalue weighted by Gasteiger charge is -2.03. The van der Waals surface area contributed by atoms with Gasteiger partial charge in [0.05, 0.1) is 12.2 Å². The molecule has 0 aliphatic carbocycles. The van der Waals surface area contributed by atoms with Gasteiger partial charge in [-0.2, -0.15) is 0 Å². The molecular weight excluding hydrogens is 268 g/mol. The van der Waals surface area contributed by atoms with Crippen LogP contribution in [0.3, 0.4) is 0 Å². The van der Waals surface area contributed by atoms with E-state index >= 15 is 0 Å². The molecule has 16 heavy (non-hydrogen) atoms. The Morgan fingerprint density at radius 3 is 2.69 bits per heavy atom. The van der Waals surface area contributed by atoms with Gasteiger partial charge in [-0.25, -0.2) is 4.79 Å². The topological polar surface area (TPSA) is 26.3 Å². The molecule has 1 rings (SSSR count). The van der Waals surface area contributed by atoms with E-state index < -0.39 is 0 Å². The zero-order chi connectivity index (χ0) is 11.8. The van der Waals surface area contributed by atoms with Gasteiger partial charge in [0.25, 0.3) is 0 Å². The number of halogens is 1. The molecule has 0 amide bonds. The minimum absolute atomic E-state index is 0.250. The summed E-state index contributed by atoms with van der Waals surface area (Å²) in [5.74, 6) is -0.250. The first-order chi connectivity index (χ1) is 7.70. The van der Waals surface area contributed by atoms with E-state index in [0.717, 1.165) is 17.3 Å². The first-order valence-corrected chi connectivity index (χ1v) is 6.04. The number of rotatable bonds is 5. The number of hydrogen-bond donors (Lipinski definition) is 0. The standard InChI is InChI=1S/C13H15BrO2/c1-11(14)7-5-6-10-16-13(15)12-8-3-2-4-9-12/h2-4,7-9H,5-6,10H2,1H3. The molecule has 0 bridgehead atoms. The van der Waals surface area contributed by atoms with Gasteiger partial charge in [-0.1, -0.05) is 40.2 Å². The number of carbonyl (C=O) groups is 1. The molecule has 3 heteroatoms. The third kappa shape index (κ3) is 5.12. The van der Waals surface area contributed by atoms with Gasteiger partial charge in [0, 0.05) is 0 Å². The molecule has 1 aromatic carbocycles. The van der Waals surface area contributed by atoms with Gasteiger partial charge in [-0.15, -0.1) is 0 Å². The number of allylic oxidation sites excluding steroid dienone is 2. The van der Waals surface area contributed by atoms with Crippen molar-refractivity contribution in [1.29, 1.82) is 0 Å². The van der Waals surface area contributed by atoms with Crippen molar-refractivity contribution in [2.45, 2.75) is 19.8 Å². The first kappa shape index (κ1) is 13.0. The van der Waals surface area contributed by atoms with E-state index in [4.69, 9.17) is 4.74 Å². The summed E-state index contributed by atoms with van der Waals surface area (Å²) in [6.07, 6.45) is 3.83. The van der Waals surface area contributed by atoms with E-state index in [-0.39, 0.29) is 5.97 Å². The maximum atomic E-state index is 11.5. The second-order valence-electron chi connectivity index (χ2n) is 3.44. The Labute approximate surface area is 104 Å².